The van der Waals surface area contributed by atoms with Crippen LogP contribution in [0.1, 0.15) is 12.7 Å². The normalized spacial score (nSPS) is 11.1. The van der Waals surface area contributed by atoms with Crippen LogP contribution in [-0.4, -0.2) is 9.55 Å². The van der Waals surface area contributed by atoms with E-state index in [1.54, 1.807) is 0 Å². The third-order valence-corrected chi connectivity index (χ3v) is 3.77. The molecule has 0 N–H and O–H groups in total. The average molecular weight is 321 g/mol. The molecule has 0 unspecified atom stereocenters. The number of nitrogens with zero attached hydrogens (tertiary/aromatic N) is 2. The first-order chi connectivity index (χ1) is 10.5. The Morgan fingerprint density at radius 2 is 1.82 bits per heavy atom. The largest absolute Gasteiger partial charge is 0.268 e. The molecule has 0 aliphatic carbocycles. The zero-order chi connectivity index (χ0) is 15.9. The van der Waals surface area contributed by atoms with E-state index in [1.807, 2.05) is 6.92 Å². The molecule has 1 aromatic heterocycles. The van der Waals surface area contributed by atoms with E-state index in [9.17, 15) is 13.6 Å². The minimum atomic E-state index is -0.678. The van der Waals surface area contributed by atoms with E-state index < -0.39 is 17.2 Å². The van der Waals surface area contributed by atoms with Crippen LogP contribution >= 0.6 is 11.6 Å². The number of halogens is 3. The van der Waals surface area contributed by atoms with Crippen LogP contribution < -0.4 is 5.56 Å². The number of aryl methyl sites for hydroxylation is 1. The molecular weight excluding hydrogens is 310 g/mol. The molecule has 6 heteroatoms. The quantitative estimate of drug-likeness (QED) is 0.718. The topological polar surface area (TPSA) is 34.9 Å². The van der Waals surface area contributed by atoms with Gasteiger partial charge in [0, 0.05) is 6.42 Å². The van der Waals surface area contributed by atoms with Gasteiger partial charge in [-0.05, 0) is 36.4 Å². The highest BCUT2D eigenvalue weighted by Crippen LogP contribution is 2.23. The molecule has 0 atom stereocenters. The second-order valence-electron chi connectivity index (χ2n) is 4.75. The molecule has 0 saturated heterocycles. The van der Waals surface area contributed by atoms with Crippen LogP contribution in [0.4, 0.5) is 8.78 Å². The maximum atomic E-state index is 13.6. The highest BCUT2D eigenvalue weighted by Gasteiger charge is 2.16. The first-order valence-electron chi connectivity index (χ1n) is 6.68. The van der Waals surface area contributed by atoms with Crippen molar-refractivity contribution in [1.29, 1.82) is 0 Å². The van der Waals surface area contributed by atoms with E-state index in [2.05, 4.69) is 4.98 Å². The summed E-state index contributed by atoms with van der Waals surface area (Å²) < 4.78 is 28.0. The maximum absolute atomic E-state index is 13.6. The van der Waals surface area contributed by atoms with E-state index in [0.717, 1.165) is 0 Å². The average Bonchev–Trinajstić information content (AvgIpc) is 2.51. The predicted molar refractivity (Wildman–Crippen MR) is 81.6 cm³/mol. The molecule has 0 fully saturated rings. The van der Waals surface area contributed by atoms with E-state index >= 15 is 0 Å². The van der Waals surface area contributed by atoms with E-state index in [0.29, 0.717) is 23.4 Å². The van der Waals surface area contributed by atoms with Crippen molar-refractivity contribution in [2.75, 3.05) is 0 Å². The Morgan fingerprint density at radius 3 is 2.45 bits per heavy atom. The van der Waals surface area contributed by atoms with Crippen molar-refractivity contribution in [3.8, 4) is 5.69 Å². The van der Waals surface area contributed by atoms with Crippen molar-refractivity contribution < 1.29 is 8.78 Å². The molecule has 0 saturated carbocycles. The number of hydrogen-bond acceptors (Lipinski definition) is 2. The van der Waals surface area contributed by atoms with Crippen molar-refractivity contribution >= 4 is 22.5 Å². The lowest BCUT2D eigenvalue weighted by Crippen LogP contribution is -2.24. The summed E-state index contributed by atoms with van der Waals surface area (Å²) in [5.74, 6) is -0.595. The number of fused-ring (bicyclic) bond motifs is 1. The third kappa shape index (κ3) is 2.27. The van der Waals surface area contributed by atoms with Gasteiger partial charge in [0.25, 0.3) is 5.56 Å². The first-order valence-corrected chi connectivity index (χ1v) is 7.06. The monoisotopic (exact) mass is 320 g/mol. The highest BCUT2D eigenvalue weighted by atomic mass is 35.5. The first kappa shape index (κ1) is 14.7. The van der Waals surface area contributed by atoms with Crippen LogP contribution in [0.2, 0.25) is 5.02 Å². The number of aromatic nitrogens is 2. The number of hydrogen-bond donors (Lipinski definition) is 0. The van der Waals surface area contributed by atoms with Gasteiger partial charge < -0.3 is 0 Å². The summed E-state index contributed by atoms with van der Waals surface area (Å²) in [5, 5.41) is -0.239. The fourth-order valence-electron chi connectivity index (χ4n) is 2.35. The minimum absolute atomic E-state index is 0.0168. The molecule has 3 nitrogen and oxygen atoms in total. The summed E-state index contributed by atoms with van der Waals surface area (Å²) >= 11 is 5.92. The van der Waals surface area contributed by atoms with Crippen molar-refractivity contribution in [3.05, 3.63) is 69.2 Å². The van der Waals surface area contributed by atoms with Gasteiger partial charge >= 0.3 is 0 Å². The summed E-state index contributed by atoms with van der Waals surface area (Å²) in [5.41, 5.74) is 0.322. The van der Waals surface area contributed by atoms with Gasteiger partial charge in [0.1, 0.15) is 17.5 Å². The van der Waals surface area contributed by atoms with Crippen LogP contribution in [0.25, 0.3) is 16.6 Å². The number of rotatable bonds is 2. The van der Waals surface area contributed by atoms with Gasteiger partial charge in [0.15, 0.2) is 0 Å². The van der Waals surface area contributed by atoms with Gasteiger partial charge in [0.05, 0.1) is 21.6 Å². The molecule has 3 rings (SSSR count). The van der Waals surface area contributed by atoms with Crippen LogP contribution in [0.5, 0.6) is 0 Å². The Kier molecular flexibility index (Phi) is 3.66. The highest BCUT2D eigenvalue weighted by molar-refractivity contribution is 6.35. The lowest BCUT2D eigenvalue weighted by Gasteiger charge is -2.13. The van der Waals surface area contributed by atoms with Gasteiger partial charge in [-0.2, -0.15) is 0 Å². The molecule has 0 spiro atoms. The molecule has 0 aliphatic heterocycles. The summed E-state index contributed by atoms with van der Waals surface area (Å²) in [6, 6.07) is 8.04. The SMILES string of the molecule is CCc1nc2ccc(F)c(Cl)c2c(=O)n1-c1ccc(F)cc1. The summed E-state index contributed by atoms with van der Waals surface area (Å²) in [7, 11) is 0. The Bertz CT molecular complexity index is 920. The summed E-state index contributed by atoms with van der Waals surface area (Å²) in [4.78, 5) is 17.1. The van der Waals surface area contributed by atoms with Crippen LogP contribution in [0.3, 0.4) is 0 Å². The van der Waals surface area contributed by atoms with Gasteiger partial charge in [-0.15, -0.1) is 0 Å². The lowest BCUT2D eigenvalue weighted by atomic mass is 10.2. The zero-order valence-corrected chi connectivity index (χ0v) is 12.4. The molecule has 2 aromatic carbocycles. The molecular formula is C16H11ClF2N2O. The summed E-state index contributed by atoms with van der Waals surface area (Å²) in [6.07, 6.45) is 0.484. The van der Waals surface area contributed by atoms with Crippen molar-refractivity contribution in [2.45, 2.75) is 13.3 Å². The summed E-state index contributed by atoms with van der Waals surface area (Å²) in [6.45, 7) is 1.85. The van der Waals surface area contributed by atoms with Crippen molar-refractivity contribution in [3.63, 3.8) is 0 Å². The van der Waals surface area contributed by atoms with Crippen molar-refractivity contribution in [2.24, 2.45) is 0 Å². The Morgan fingerprint density at radius 1 is 1.14 bits per heavy atom. The zero-order valence-electron chi connectivity index (χ0n) is 11.6. The molecule has 0 aliphatic rings. The molecule has 0 radical (unpaired) electrons. The Balaban J connectivity index is 2.43. The second-order valence-corrected chi connectivity index (χ2v) is 5.13. The second kappa shape index (κ2) is 5.50. The van der Waals surface area contributed by atoms with Gasteiger partial charge in [-0.25, -0.2) is 13.8 Å². The number of benzene rings is 2. The van der Waals surface area contributed by atoms with Gasteiger partial charge in [-0.3, -0.25) is 9.36 Å². The van der Waals surface area contributed by atoms with Crippen LogP contribution in [-0.2, 0) is 6.42 Å². The Hall–Kier alpha value is -2.27. The Labute approximate surface area is 129 Å². The molecule has 1 heterocycles. The van der Waals surface area contributed by atoms with Crippen LogP contribution in [0.15, 0.2) is 41.2 Å². The molecule has 0 bridgehead atoms. The lowest BCUT2D eigenvalue weighted by molar-refractivity contribution is 0.627. The minimum Gasteiger partial charge on any atom is -0.268 e. The molecule has 112 valence electrons. The van der Waals surface area contributed by atoms with E-state index in [-0.39, 0.29) is 10.4 Å². The predicted octanol–water partition coefficient (Wildman–Crippen LogP) is 3.88. The smallest absolute Gasteiger partial charge is 0.267 e. The molecule has 3 aromatic rings. The van der Waals surface area contributed by atoms with Gasteiger partial charge in [0.2, 0.25) is 0 Å². The fraction of sp³-hybridized carbons (Fsp3) is 0.125. The van der Waals surface area contributed by atoms with E-state index in [4.69, 9.17) is 11.6 Å². The maximum Gasteiger partial charge on any atom is 0.267 e. The van der Waals surface area contributed by atoms with Gasteiger partial charge in [-0.1, -0.05) is 18.5 Å². The molecule has 22 heavy (non-hydrogen) atoms. The third-order valence-electron chi connectivity index (χ3n) is 3.40. The standard InChI is InChI=1S/C16H11ClF2N2O/c1-2-13-20-12-8-7-11(19)15(17)14(12)16(22)21(13)10-5-3-9(18)4-6-10/h3-8H,2H2,1H3. The fourth-order valence-corrected chi connectivity index (χ4v) is 2.59. The van der Waals surface area contributed by atoms with Crippen LogP contribution in [0, 0.1) is 11.6 Å². The van der Waals surface area contributed by atoms with E-state index in [1.165, 1.54) is 41.0 Å². The molecule has 0 amide bonds. The van der Waals surface area contributed by atoms with Crippen molar-refractivity contribution in [1.82, 2.24) is 9.55 Å².